The van der Waals surface area contributed by atoms with Gasteiger partial charge in [0.2, 0.25) is 11.8 Å². The molecular formula is C22H21N3O2. The van der Waals surface area contributed by atoms with Crippen molar-refractivity contribution in [2.45, 2.75) is 37.9 Å². The molecule has 5 rings (SSSR count). The monoisotopic (exact) mass is 359 g/mol. The van der Waals surface area contributed by atoms with Gasteiger partial charge < -0.3 is 15.2 Å². The van der Waals surface area contributed by atoms with Crippen molar-refractivity contribution in [2.24, 2.45) is 0 Å². The van der Waals surface area contributed by atoms with Crippen LogP contribution in [0.4, 0.5) is 0 Å². The SMILES string of the molecule is C[C@@H]1c2[nH]c3ccccc3c2C[C@H]2C(=O)N[C@@H](Cc3ccccc3)C(=O)N12. The highest BCUT2D eigenvalue weighted by Crippen LogP contribution is 2.38. The van der Waals surface area contributed by atoms with E-state index in [2.05, 4.69) is 16.4 Å². The number of benzene rings is 2. The Labute approximate surface area is 157 Å². The van der Waals surface area contributed by atoms with E-state index in [1.165, 1.54) is 0 Å². The number of amides is 2. The van der Waals surface area contributed by atoms with Crippen molar-refractivity contribution in [1.29, 1.82) is 0 Å². The summed E-state index contributed by atoms with van der Waals surface area (Å²) in [6.45, 7) is 2.01. The minimum absolute atomic E-state index is 0.000240. The molecular weight excluding hydrogens is 338 g/mol. The largest absolute Gasteiger partial charge is 0.356 e. The highest BCUT2D eigenvalue weighted by Gasteiger charge is 2.46. The highest BCUT2D eigenvalue weighted by atomic mass is 16.2. The molecule has 3 atom stereocenters. The van der Waals surface area contributed by atoms with E-state index in [4.69, 9.17) is 0 Å². The summed E-state index contributed by atoms with van der Waals surface area (Å²) < 4.78 is 0. The number of fused-ring (bicyclic) bond motifs is 4. The van der Waals surface area contributed by atoms with E-state index in [0.29, 0.717) is 12.8 Å². The second-order valence-corrected chi connectivity index (χ2v) is 7.46. The summed E-state index contributed by atoms with van der Waals surface area (Å²) >= 11 is 0. The topological polar surface area (TPSA) is 65.2 Å². The first kappa shape index (κ1) is 16.1. The van der Waals surface area contributed by atoms with Crippen LogP contribution in [0, 0.1) is 0 Å². The lowest BCUT2D eigenvalue weighted by Crippen LogP contribution is -2.66. The average Bonchev–Trinajstić information content (AvgIpc) is 3.06. The third-order valence-electron chi connectivity index (χ3n) is 5.87. The lowest BCUT2D eigenvalue weighted by atomic mass is 9.88. The Morgan fingerprint density at radius 1 is 1.04 bits per heavy atom. The fourth-order valence-electron chi connectivity index (χ4n) is 4.56. The van der Waals surface area contributed by atoms with Gasteiger partial charge >= 0.3 is 0 Å². The number of carbonyl (C=O) groups excluding carboxylic acids is 2. The van der Waals surface area contributed by atoms with Gasteiger partial charge in [-0.25, -0.2) is 0 Å². The van der Waals surface area contributed by atoms with Crippen LogP contribution in [-0.2, 0) is 22.4 Å². The molecule has 0 radical (unpaired) electrons. The second kappa shape index (κ2) is 5.98. The number of piperazine rings is 1. The van der Waals surface area contributed by atoms with Crippen molar-refractivity contribution >= 4 is 22.7 Å². The van der Waals surface area contributed by atoms with Gasteiger partial charge in [-0.2, -0.15) is 0 Å². The van der Waals surface area contributed by atoms with Gasteiger partial charge in [-0.3, -0.25) is 9.59 Å². The lowest BCUT2D eigenvalue weighted by molar-refractivity contribution is -0.152. The molecule has 0 saturated carbocycles. The van der Waals surface area contributed by atoms with Crippen molar-refractivity contribution < 1.29 is 9.59 Å². The zero-order chi connectivity index (χ0) is 18.5. The third kappa shape index (κ3) is 2.46. The van der Waals surface area contributed by atoms with Gasteiger partial charge in [-0.05, 0) is 24.1 Å². The molecule has 2 N–H and O–H groups in total. The van der Waals surface area contributed by atoms with Crippen LogP contribution in [0.25, 0.3) is 10.9 Å². The van der Waals surface area contributed by atoms with E-state index < -0.39 is 12.1 Å². The van der Waals surface area contributed by atoms with E-state index in [1.54, 1.807) is 4.90 Å². The maximum Gasteiger partial charge on any atom is 0.246 e. The molecule has 136 valence electrons. The van der Waals surface area contributed by atoms with Gasteiger partial charge in [0.1, 0.15) is 12.1 Å². The van der Waals surface area contributed by atoms with Gasteiger partial charge in [-0.1, -0.05) is 48.5 Å². The molecule has 2 aliphatic rings. The number of aromatic nitrogens is 1. The maximum absolute atomic E-state index is 13.2. The van der Waals surface area contributed by atoms with E-state index in [9.17, 15) is 9.59 Å². The fraction of sp³-hybridized carbons (Fsp3) is 0.273. The number of rotatable bonds is 2. The number of para-hydroxylation sites is 1. The van der Waals surface area contributed by atoms with Crippen molar-refractivity contribution in [1.82, 2.24) is 15.2 Å². The van der Waals surface area contributed by atoms with E-state index in [-0.39, 0.29) is 17.9 Å². The summed E-state index contributed by atoms with van der Waals surface area (Å²) in [7, 11) is 0. The lowest BCUT2D eigenvalue weighted by Gasteiger charge is -2.45. The van der Waals surface area contributed by atoms with Gasteiger partial charge in [0.25, 0.3) is 0 Å². The first-order valence-corrected chi connectivity index (χ1v) is 9.39. The Kier molecular flexibility index (Phi) is 3.57. The zero-order valence-electron chi connectivity index (χ0n) is 15.1. The highest BCUT2D eigenvalue weighted by molar-refractivity contribution is 5.99. The van der Waals surface area contributed by atoms with Crippen molar-refractivity contribution in [3.63, 3.8) is 0 Å². The van der Waals surface area contributed by atoms with Crippen LogP contribution >= 0.6 is 0 Å². The molecule has 1 saturated heterocycles. The summed E-state index contributed by atoms with van der Waals surface area (Å²) in [4.78, 5) is 31.4. The Balaban J connectivity index is 1.51. The molecule has 0 spiro atoms. The normalized spacial score (nSPS) is 24.5. The van der Waals surface area contributed by atoms with Crippen molar-refractivity contribution in [2.75, 3.05) is 0 Å². The number of nitrogens with one attached hydrogen (secondary N) is 2. The first-order chi connectivity index (χ1) is 13.1. The molecule has 3 aromatic rings. The molecule has 1 fully saturated rings. The maximum atomic E-state index is 13.2. The predicted molar refractivity (Wildman–Crippen MR) is 103 cm³/mol. The minimum atomic E-state index is -0.510. The summed E-state index contributed by atoms with van der Waals surface area (Å²) in [5.74, 6) is -0.0569. The van der Waals surface area contributed by atoms with Crippen LogP contribution < -0.4 is 5.32 Å². The van der Waals surface area contributed by atoms with E-state index in [0.717, 1.165) is 27.7 Å². The molecule has 5 nitrogen and oxygen atoms in total. The summed E-state index contributed by atoms with van der Waals surface area (Å²) in [6.07, 6.45) is 1.07. The van der Waals surface area contributed by atoms with Crippen LogP contribution in [0.3, 0.4) is 0 Å². The second-order valence-electron chi connectivity index (χ2n) is 7.46. The third-order valence-corrected chi connectivity index (χ3v) is 5.87. The smallest absolute Gasteiger partial charge is 0.246 e. The molecule has 2 amide bonds. The van der Waals surface area contributed by atoms with E-state index >= 15 is 0 Å². The van der Waals surface area contributed by atoms with Crippen LogP contribution in [-0.4, -0.2) is 33.8 Å². The first-order valence-electron chi connectivity index (χ1n) is 9.39. The van der Waals surface area contributed by atoms with Crippen molar-refractivity contribution in [3.8, 4) is 0 Å². The quantitative estimate of drug-likeness (QED) is 0.739. The van der Waals surface area contributed by atoms with Gasteiger partial charge in [0, 0.05) is 29.4 Å². The molecule has 2 aliphatic heterocycles. The van der Waals surface area contributed by atoms with Crippen LogP contribution in [0.2, 0.25) is 0 Å². The molecule has 0 aliphatic carbocycles. The molecule has 0 bridgehead atoms. The number of hydrogen-bond acceptors (Lipinski definition) is 2. The summed E-state index contributed by atoms with van der Waals surface area (Å²) in [5, 5.41) is 4.11. The molecule has 2 aromatic carbocycles. The van der Waals surface area contributed by atoms with Crippen LogP contribution in [0.1, 0.15) is 29.8 Å². The summed E-state index contributed by atoms with van der Waals surface area (Å²) in [6, 6.07) is 16.9. The number of hydrogen-bond donors (Lipinski definition) is 2. The Morgan fingerprint density at radius 2 is 1.78 bits per heavy atom. The number of nitrogens with zero attached hydrogens (tertiary/aromatic N) is 1. The Hall–Kier alpha value is -3.08. The van der Waals surface area contributed by atoms with Crippen LogP contribution in [0.5, 0.6) is 0 Å². The molecule has 5 heteroatoms. The van der Waals surface area contributed by atoms with Crippen molar-refractivity contribution in [3.05, 3.63) is 71.4 Å². The number of carbonyl (C=O) groups is 2. The minimum Gasteiger partial charge on any atom is -0.356 e. The standard InChI is InChI=1S/C22H21N3O2/c1-13-20-16(15-9-5-6-10-17(15)23-20)12-19-21(26)24-18(22(27)25(13)19)11-14-7-3-2-4-8-14/h2-10,13,18-19,23H,11-12H2,1H3,(H,24,26)/t13-,18+,19+/m1/s1. The van der Waals surface area contributed by atoms with Crippen LogP contribution in [0.15, 0.2) is 54.6 Å². The van der Waals surface area contributed by atoms with Gasteiger partial charge in [0.15, 0.2) is 0 Å². The molecule has 1 aromatic heterocycles. The van der Waals surface area contributed by atoms with E-state index in [1.807, 2.05) is 55.5 Å². The number of aromatic amines is 1. The molecule has 27 heavy (non-hydrogen) atoms. The fourth-order valence-corrected chi connectivity index (χ4v) is 4.56. The Morgan fingerprint density at radius 3 is 2.59 bits per heavy atom. The predicted octanol–water partition coefficient (Wildman–Crippen LogP) is 2.72. The summed E-state index contributed by atoms with van der Waals surface area (Å²) in [5.41, 5.74) is 4.31. The van der Waals surface area contributed by atoms with Gasteiger partial charge in [-0.15, -0.1) is 0 Å². The zero-order valence-corrected chi connectivity index (χ0v) is 15.1. The number of H-pyrrole nitrogens is 1. The Bertz CT molecular complexity index is 1040. The molecule has 0 unspecified atom stereocenters. The van der Waals surface area contributed by atoms with Gasteiger partial charge in [0.05, 0.1) is 6.04 Å². The molecule has 3 heterocycles. The average molecular weight is 359 g/mol.